The summed E-state index contributed by atoms with van der Waals surface area (Å²) in [7, 11) is 2.15. The number of likely N-dealkylation sites (N-methyl/N-ethyl adjacent to an activating group) is 1. The smallest absolute Gasteiger partial charge is 0.126 e. The van der Waals surface area contributed by atoms with Crippen molar-refractivity contribution in [1.29, 1.82) is 5.41 Å². The molecule has 0 bridgehead atoms. The minimum atomic E-state index is 0.0786. The number of nitrogens with one attached hydrogen (secondary N) is 1. The zero-order valence-corrected chi connectivity index (χ0v) is 12.5. The Hall–Kier alpha value is -2.14. The van der Waals surface area contributed by atoms with E-state index in [-0.39, 0.29) is 5.84 Å². The number of para-hydroxylation sites is 1. The van der Waals surface area contributed by atoms with Crippen LogP contribution in [0.1, 0.15) is 12.5 Å². The highest BCUT2D eigenvalue weighted by Gasteiger charge is 2.24. The average molecular weight is 283 g/mol. The fourth-order valence-corrected chi connectivity index (χ4v) is 2.92. The standard InChI is InChI=1S/C16H21N5/c1-11-10-21(8-7-20(11)2)15-12-5-3-4-6-14(12)19-9-13(15)16(17)18/h3-6,9,11H,7-8,10H2,1-2H3,(H3,17,18). The van der Waals surface area contributed by atoms with Gasteiger partial charge < -0.3 is 15.5 Å². The maximum absolute atomic E-state index is 7.86. The minimum Gasteiger partial charge on any atom is -0.384 e. The Morgan fingerprint density at radius 3 is 2.81 bits per heavy atom. The molecule has 21 heavy (non-hydrogen) atoms. The number of pyridine rings is 1. The van der Waals surface area contributed by atoms with Crippen LogP contribution in [0, 0.1) is 5.41 Å². The summed E-state index contributed by atoms with van der Waals surface area (Å²) >= 11 is 0. The molecule has 5 heteroatoms. The number of anilines is 1. The van der Waals surface area contributed by atoms with E-state index in [1.165, 1.54) is 0 Å². The van der Waals surface area contributed by atoms with Crippen molar-refractivity contribution < 1.29 is 0 Å². The second-order valence-electron chi connectivity index (χ2n) is 5.73. The van der Waals surface area contributed by atoms with Gasteiger partial charge in [-0.3, -0.25) is 10.4 Å². The molecule has 0 amide bonds. The number of hydrogen-bond acceptors (Lipinski definition) is 4. The first-order chi connectivity index (χ1) is 10.1. The summed E-state index contributed by atoms with van der Waals surface area (Å²) in [6.07, 6.45) is 1.73. The van der Waals surface area contributed by atoms with Gasteiger partial charge in [-0.25, -0.2) is 0 Å². The molecule has 2 heterocycles. The van der Waals surface area contributed by atoms with Crippen LogP contribution in [0.25, 0.3) is 10.9 Å². The number of benzene rings is 1. The number of rotatable bonds is 2. The summed E-state index contributed by atoms with van der Waals surface area (Å²) < 4.78 is 0. The lowest BCUT2D eigenvalue weighted by Gasteiger charge is -2.40. The number of nitrogens with zero attached hydrogens (tertiary/aromatic N) is 3. The summed E-state index contributed by atoms with van der Waals surface area (Å²) in [5, 5.41) is 8.93. The Balaban J connectivity index is 2.14. The average Bonchev–Trinajstić information content (AvgIpc) is 2.49. The van der Waals surface area contributed by atoms with E-state index < -0.39 is 0 Å². The Labute approximate surface area is 124 Å². The van der Waals surface area contributed by atoms with Crippen LogP contribution >= 0.6 is 0 Å². The molecule has 3 N–H and O–H groups in total. The van der Waals surface area contributed by atoms with Crippen LogP contribution < -0.4 is 10.6 Å². The van der Waals surface area contributed by atoms with E-state index in [0.29, 0.717) is 6.04 Å². The number of nitrogen functional groups attached to an aromatic ring is 1. The molecule has 0 radical (unpaired) electrons. The van der Waals surface area contributed by atoms with E-state index in [0.717, 1.165) is 41.8 Å². The summed E-state index contributed by atoms with van der Waals surface area (Å²) in [6.45, 7) is 5.11. The first kappa shape index (κ1) is 13.8. The van der Waals surface area contributed by atoms with E-state index in [1.54, 1.807) is 6.20 Å². The molecule has 1 aromatic heterocycles. The Morgan fingerprint density at radius 2 is 2.10 bits per heavy atom. The molecule has 1 aliphatic rings. The number of nitrogens with two attached hydrogens (primary N) is 1. The molecule has 1 saturated heterocycles. The van der Waals surface area contributed by atoms with E-state index in [9.17, 15) is 0 Å². The predicted molar refractivity (Wildman–Crippen MR) is 87.1 cm³/mol. The Morgan fingerprint density at radius 1 is 1.33 bits per heavy atom. The zero-order valence-electron chi connectivity index (χ0n) is 12.5. The van der Waals surface area contributed by atoms with Crippen molar-refractivity contribution in [2.24, 2.45) is 5.73 Å². The molecule has 0 aliphatic carbocycles. The molecule has 1 atom stereocenters. The summed E-state index contributed by atoms with van der Waals surface area (Å²) in [4.78, 5) is 9.13. The zero-order chi connectivity index (χ0) is 15.0. The van der Waals surface area contributed by atoms with Crippen LogP contribution in [0.5, 0.6) is 0 Å². The highest BCUT2D eigenvalue weighted by atomic mass is 15.3. The molecule has 110 valence electrons. The van der Waals surface area contributed by atoms with Crippen molar-refractivity contribution >= 4 is 22.4 Å². The molecule has 0 saturated carbocycles. The van der Waals surface area contributed by atoms with Gasteiger partial charge in [-0.05, 0) is 20.0 Å². The quantitative estimate of drug-likeness (QED) is 0.649. The molecule has 1 fully saturated rings. The molecule has 1 unspecified atom stereocenters. The minimum absolute atomic E-state index is 0.0786. The molecule has 0 spiro atoms. The van der Waals surface area contributed by atoms with Crippen LogP contribution in [0.4, 0.5) is 5.69 Å². The largest absolute Gasteiger partial charge is 0.384 e. The van der Waals surface area contributed by atoms with Gasteiger partial charge in [0.25, 0.3) is 0 Å². The van der Waals surface area contributed by atoms with Crippen LogP contribution in [-0.2, 0) is 0 Å². The summed E-state index contributed by atoms with van der Waals surface area (Å²) in [6, 6.07) is 8.54. The van der Waals surface area contributed by atoms with E-state index >= 15 is 0 Å². The maximum atomic E-state index is 7.86. The third kappa shape index (κ3) is 2.45. The molecule has 3 rings (SSSR count). The Kier molecular flexibility index (Phi) is 3.51. The van der Waals surface area contributed by atoms with Gasteiger partial charge in [0, 0.05) is 37.3 Å². The molecule has 2 aromatic rings. The van der Waals surface area contributed by atoms with E-state index in [4.69, 9.17) is 11.1 Å². The molecule has 1 aliphatic heterocycles. The van der Waals surface area contributed by atoms with Crippen molar-refractivity contribution in [2.45, 2.75) is 13.0 Å². The van der Waals surface area contributed by atoms with Crippen LogP contribution in [0.2, 0.25) is 0 Å². The molecular weight excluding hydrogens is 262 g/mol. The third-order valence-electron chi connectivity index (χ3n) is 4.31. The lowest BCUT2D eigenvalue weighted by molar-refractivity contribution is 0.234. The van der Waals surface area contributed by atoms with Gasteiger partial charge in [-0.1, -0.05) is 18.2 Å². The highest BCUT2D eigenvalue weighted by molar-refractivity contribution is 6.07. The SMILES string of the molecule is CC1CN(c2c(C(=N)N)cnc3ccccc23)CCN1C. The topological polar surface area (TPSA) is 69.2 Å². The fraction of sp³-hybridized carbons (Fsp3) is 0.375. The summed E-state index contributed by atoms with van der Waals surface area (Å²) in [5.41, 5.74) is 8.51. The van der Waals surface area contributed by atoms with Gasteiger partial charge >= 0.3 is 0 Å². The number of amidine groups is 1. The lowest BCUT2D eigenvalue weighted by atomic mass is 10.1. The molecule has 5 nitrogen and oxygen atoms in total. The monoisotopic (exact) mass is 283 g/mol. The lowest BCUT2D eigenvalue weighted by Crippen LogP contribution is -2.50. The predicted octanol–water partition coefficient (Wildman–Crippen LogP) is 1.66. The van der Waals surface area contributed by atoms with Crippen molar-refractivity contribution in [3.05, 3.63) is 36.0 Å². The van der Waals surface area contributed by atoms with Crippen LogP contribution in [0.3, 0.4) is 0 Å². The number of hydrogen-bond donors (Lipinski definition) is 2. The van der Waals surface area contributed by atoms with Gasteiger partial charge in [0.1, 0.15) is 5.84 Å². The summed E-state index contributed by atoms with van der Waals surface area (Å²) in [5.74, 6) is 0.0786. The third-order valence-corrected chi connectivity index (χ3v) is 4.31. The van der Waals surface area contributed by atoms with Crippen molar-refractivity contribution in [1.82, 2.24) is 9.88 Å². The van der Waals surface area contributed by atoms with Gasteiger partial charge in [0.15, 0.2) is 0 Å². The maximum Gasteiger partial charge on any atom is 0.126 e. The van der Waals surface area contributed by atoms with Crippen molar-refractivity contribution in [2.75, 3.05) is 31.6 Å². The first-order valence-electron chi connectivity index (χ1n) is 7.25. The normalized spacial score (nSPS) is 19.9. The van der Waals surface area contributed by atoms with Crippen molar-refractivity contribution in [3.8, 4) is 0 Å². The first-order valence-corrected chi connectivity index (χ1v) is 7.25. The number of fused-ring (bicyclic) bond motifs is 1. The second kappa shape index (κ2) is 5.33. The van der Waals surface area contributed by atoms with Gasteiger partial charge in [-0.2, -0.15) is 0 Å². The van der Waals surface area contributed by atoms with Crippen LogP contribution in [-0.4, -0.2) is 48.4 Å². The van der Waals surface area contributed by atoms with E-state index in [2.05, 4.69) is 34.8 Å². The number of piperazine rings is 1. The highest BCUT2D eigenvalue weighted by Crippen LogP contribution is 2.30. The molecular formula is C16H21N5. The van der Waals surface area contributed by atoms with E-state index in [1.807, 2.05) is 18.2 Å². The molecule has 1 aromatic carbocycles. The van der Waals surface area contributed by atoms with Crippen LogP contribution in [0.15, 0.2) is 30.5 Å². The Bertz CT molecular complexity index is 681. The fourth-order valence-electron chi connectivity index (χ4n) is 2.92. The van der Waals surface area contributed by atoms with Gasteiger partial charge in [-0.15, -0.1) is 0 Å². The van der Waals surface area contributed by atoms with Gasteiger partial charge in [0.2, 0.25) is 0 Å². The second-order valence-corrected chi connectivity index (χ2v) is 5.73. The number of aromatic nitrogens is 1. The van der Waals surface area contributed by atoms with Gasteiger partial charge in [0.05, 0.1) is 16.8 Å². The van der Waals surface area contributed by atoms with Crippen molar-refractivity contribution in [3.63, 3.8) is 0 Å².